The number of hydrogen-bond donors (Lipinski definition) is 1. The van der Waals surface area contributed by atoms with E-state index in [1.54, 1.807) is 11.1 Å². The van der Waals surface area contributed by atoms with Crippen molar-refractivity contribution in [2.45, 2.75) is 6.42 Å². The Morgan fingerprint density at radius 2 is 2.24 bits per heavy atom. The fourth-order valence-corrected chi connectivity index (χ4v) is 1.96. The van der Waals surface area contributed by atoms with Gasteiger partial charge in [0.2, 0.25) is 5.91 Å². The van der Waals surface area contributed by atoms with Gasteiger partial charge < -0.3 is 15.1 Å². The summed E-state index contributed by atoms with van der Waals surface area (Å²) in [6, 6.07) is 3.91. The van der Waals surface area contributed by atoms with Crippen LogP contribution in [-0.4, -0.2) is 49.5 Å². The quantitative estimate of drug-likeness (QED) is 0.822. The third kappa shape index (κ3) is 2.67. The van der Waals surface area contributed by atoms with Crippen molar-refractivity contribution in [3.8, 4) is 0 Å². The van der Waals surface area contributed by atoms with E-state index in [0.717, 1.165) is 31.0 Å². The van der Waals surface area contributed by atoms with Gasteiger partial charge in [0.1, 0.15) is 5.82 Å². The predicted molar refractivity (Wildman–Crippen MR) is 68.3 cm³/mol. The molecular formula is C12H18N4O. The van der Waals surface area contributed by atoms with Gasteiger partial charge in [-0.1, -0.05) is 0 Å². The number of carbonyl (C=O) groups excluding carboxylic acids is 1. The van der Waals surface area contributed by atoms with Gasteiger partial charge in [0, 0.05) is 45.1 Å². The fourth-order valence-electron chi connectivity index (χ4n) is 1.96. The third-order valence-electron chi connectivity index (χ3n) is 3.04. The van der Waals surface area contributed by atoms with Gasteiger partial charge in [-0.2, -0.15) is 0 Å². The van der Waals surface area contributed by atoms with Crippen LogP contribution in [0.1, 0.15) is 6.42 Å². The van der Waals surface area contributed by atoms with E-state index in [0.29, 0.717) is 6.54 Å². The van der Waals surface area contributed by atoms with Gasteiger partial charge in [-0.3, -0.25) is 4.79 Å². The molecule has 92 valence electrons. The first-order valence-electron chi connectivity index (χ1n) is 5.83. The summed E-state index contributed by atoms with van der Waals surface area (Å²) >= 11 is 0. The number of nitrogens with one attached hydrogen (secondary N) is 1. The first-order chi connectivity index (χ1) is 8.20. The average molecular weight is 234 g/mol. The summed E-state index contributed by atoms with van der Waals surface area (Å²) in [5.41, 5.74) is 1.05. The van der Waals surface area contributed by atoms with Crippen LogP contribution >= 0.6 is 0 Å². The highest BCUT2D eigenvalue weighted by molar-refractivity contribution is 5.81. The number of hydrogen-bond acceptors (Lipinski definition) is 4. The monoisotopic (exact) mass is 234 g/mol. The molecule has 1 aromatic rings. The first kappa shape index (κ1) is 11.7. The van der Waals surface area contributed by atoms with Crippen molar-refractivity contribution in [2.24, 2.45) is 0 Å². The fraction of sp³-hybridized carbons (Fsp3) is 0.500. The molecule has 0 aromatic carbocycles. The van der Waals surface area contributed by atoms with Crippen molar-refractivity contribution >= 4 is 17.4 Å². The van der Waals surface area contributed by atoms with Crippen LogP contribution in [0.15, 0.2) is 18.3 Å². The Bertz CT molecular complexity index is 407. The molecule has 1 saturated heterocycles. The predicted octanol–water partition coefficient (Wildman–Crippen LogP) is 0.792. The molecule has 0 unspecified atom stereocenters. The van der Waals surface area contributed by atoms with E-state index in [4.69, 9.17) is 0 Å². The number of anilines is 2. The smallest absolute Gasteiger partial charge is 0.241 e. The molecule has 0 saturated carbocycles. The van der Waals surface area contributed by atoms with E-state index in [-0.39, 0.29) is 5.91 Å². The summed E-state index contributed by atoms with van der Waals surface area (Å²) in [6.45, 7) is 2.19. The normalized spacial score (nSPS) is 16.9. The van der Waals surface area contributed by atoms with E-state index < -0.39 is 0 Å². The van der Waals surface area contributed by atoms with Crippen LogP contribution in [0.3, 0.4) is 0 Å². The summed E-state index contributed by atoms with van der Waals surface area (Å²) < 4.78 is 0. The second-order valence-corrected chi connectivity index (χ2v) is 4.24. The van der Waals surface area contributed by atoms with Gasteiger partial charge in [0.05, 0.1) is 6.54 Å². The van der Waals surface area contributed by atoms with Crippen LogP contribution in [-0.2, 0) is 4.79 Å². The Hall–Kier alpha value is -1.78. The van der Waals surface area contributed by atoms with Crippen LogP contribution < -0.4 is 10.2 Å². The Balaban J connectivity index is 2.17. The van der Waals surface area contributed by atoms with Gasteiger partial charge in [-0.05, 0) is 12.5 Å². The lowest BCUT2D eigenvalue weighted by atomic mass is 10.3. The minimum atomic E-state index is 0.172. The van der Waals surface area contributed by atoms with Gasteiger partial charge in [-0.15, -0.1) is 0 Å². The topological polar surface area (TPSA) is 48.5 Å². The van der Waals surface area contributed by atoms with Gasteiger partial charge in [0.25, 0.3) is 0 Å². The number of nitrogens with zero attached hydrogens (tertiary/aromatic N) is 3. The second-order valence-electron chi connectivity index (χ2n) is 4.24. The Morgan fingerprint density at radius 1 is 1.41 bits per heavy atom. The van der Waals surface area contributed by atoms with E-state index in [1.165, 1.54) is 0 Å². The molecule has 2 rings (SSSR count). The van der Waals surface area contributed by atoms with E-state index >= 15 is 0 Å². The van der Waals surface area contributed by atoms with Crippen molar-refractivity contribution in [1.29, 1.82) is 0 Å². The van der Waals surface area contributed by atoms with Gasteiger partial charge in [0.15, 0.2) is 0 Å². The maximum Gasteiger partial charge on any atom is 0.241 e. The van der Waals surface area contributed by atoms with E-state index in [9.17, 15) is 4.79 Å². The Labute approximate surface area is 101 Å². The molecule has 17 heavy (non-hydrogen) atoms. The average Bonchev–Trinajstić information content (AvgIpc) is 2.52. The van der Waals surface area contributed by atoms with Crippen LogP contribution in [0.4, 0.5) is 11.5 Å². The minimum absolute atomic E-state index is 0.172. The van der Waals surface area contributed by atoms with Crippen LogP contribution in [0.25, 0.3) is 0 Å². The molecule has 0 radical (unpaired) electrons. The molecule has 1 aliphatic rings. The lowest BCUT2D eigenvalue weighted by Gasteiger charge is -2.22. The Kier molecular flexibility index (Phi) is 3.46. The summed E-state index contributed by atoms with van der Waals surface area (Å²) in [5, 5.41) is 3.01. The summed E-state index contributed by atoms with van der Waals surface area (Å²) in [7, 11) is 3.70. The van der Waals surface area contributed by atoms with Crippen molar-refractivity contribution in [2.75, 3.05) is 43.9 Å². The van der Waals surface area contributed by atoms with Crippen LogP contribution in [0.2, 0.25) is 0 Å². The summed E-state index contributed by atoms with van der Waals surface area (Å²) in [6.07, 6.45) is 2.76. The minimum Gasteiger partial charge on any atom is -0.373 e. The SMILES string of the molecule is CNc1cc(N2CCCN(C)C(=O)C2)ccn1. The molecular weight excluding hydrogens is 216 g/mol. The summed E-state index contributed by atoms with van der Waals surface area (Å²) in [4.78, 5) is 19.9. The zero-order valence-electron chi connectivity index (χ0n) is 10.3. The third-order valence-corrected chi connectivity index (χ3v) is 3.04. The van der Waals surface area contributed by atoms with Crippen LogP contribution in [0.5, 0.6) is 0 Å². The molecule has 1 aromatic heterocycles. The highest BCUT2D eigenvalue weighted by Gasteiger charge is 2.19. The standard InChI is InChI=1S/C12H18N4O/c1-13-11-8-10(4-5-14-11)16-7-3-6-15(2)12(17)9-16/h4-5,8H,3,6-7,9H2,1-2H3,(H,13,14). The number of likely N-dealkylation sites (N-methyl/N-ethyl adjacent to an activating group) is 1. The van der Waals surface area contributed by atoms with Crippen molar-refractivity contribution in [1.82, 2.24) is 9.88 Å². The molecule has 0 spiro atoms. The molecule has 1 aliphatic heterocycles. The maximum absolute atomic E-state index is 11.8. The Morgan fingerprint density at radius 3 is 3.00 bits per heavy atom. The lowest BCUT2D eigenvalue weighted by molar-refractivity contribution is -0.127. The number of amides is 1. The molecule has 1 fully saturated rings. The lowest BCUT2D eigenvalue weighted by Crippen LogP contribution is -2.34. The number of aromatic nitrogens is 1. The van der Waals surface area contributed by atoms with E-state index in [2.05, 4.69) is 15.2 Å². The summed E-state index contributed by atoms with van der Waals surface area (Å²) in [5.74, 6) is 0.998. The largest absolute Gasteiger partial charge is 0.373 e. The van der Waals surface area contributed by atoms with Crippen molar-refractivity contribution < 1.29 is 4.79 Å². The number of pyridine rings is 1. The number of carbonyl (C=O) groups is 1. The van der Waals surface area contributed by atoms with E-state index in [1.807, 2.05) is 26.2 Å². The van der Waals surface area contributed by atoms with Crippen LogP contribution in [0, 0.1) is 0 Å². The molecule has 5 heteroatoms. The van der Waals surface area contributed by atoms with Crippen molar-refractivity contribution in [3.05, 3.63) is 18.3 Å². The zero-order valence-corrected chi connectivity index (χ0v) is 10.3. The maximum atomic E-state index is 11.8. The molecule has 1 N–H and O–H groups in total. The molecule has 0 bridgehead atoms. The first-order valence-corrected chi connectivity index (χ1v) is 5.83. The molecule has 1 amide bonds. The zero-order chi connectivity index (χ0) is 12.3. The highest BCUT2D eigenvalue weighted by Crippen LogP contribution is 2.18. The molecule has 2 heterocycles. The molecule has 0 atom stereocenters. The molecule has 0 aliphatic carbocycles. The van der Waals surface area contributed by atoms with Gasteiger partial charge >= 0.3 is 0 Å². The molecule has 5 nitrogen and oxygen atoms in total. The van der Waals surface area contributed by atoms with Gasteiger partial charge in [-0.25, -0.2) is 4.98 Å². The second kappa shape index (κ2) is 5.03. The highest BCUT2D eigenvalue weighted by atomic mass is 16.2. The number of rotatable bonds is 2. The van der Waals surface area contributed by atoms with Crippen molar-refractivity contribution in [3.63, 3.8) is 0 Å².